The molecule has 5 nitrogen and oxygen atoms in total. The van der Waals surface area contributed by atoms with Crippen molar-refractivity contribution in [2.24, 2.45) is 0 Å². The number of nitrogens with zero attached hydrogens (tertiary/aromatic N) is 1. The standard InChI is InChI=1S/C11H16N2O3S/c1-7-6-17-10(11(15)16-4)9(7)12-8(14)5-13(2)3/h6H,5H2,1-4H3,(H,12,14). The molecule has 1 N–H and O–H groups in total. The van der Waals surface area contributed by atoms with Crippen molar-refractivity contribution in [2.45, 2.75) is 6.92 Å². The van der Waals surface area contributed by atoms with Gasteiger partial charge in [-0.2, -0.15) is 0 Å². The number of amides is 1. The average Bonchev–Trinajstić information content (AvgIpc) is 2.58. The van der Waals surface area contributed by atoms with E-state index in [9.17, 15) is 9.59 Å². The molecule has 0 spiro atoms. The van der Waals surface area contributed by atoms with Crippen LogP contribution in [-0.2, 0) is 9.53 Å². The third-order valence-corrected chi connectivity index (χ3v) is 3.15. The number of rotatable bonds is 4. The van der Waals surface area contributed by atoms with Crippen LogP contribution in [0.25, 0.3) is 0 Å². The lowest BCUT2D eigenvalue weighted by Crippen LogP contribution is -2.27. The van der Waals surface area contributed by atoms with E-state index < -0.39 is 5.97 Å². The lowest BCUT2D eigenvalue weighted by Gasteiger charge is -2.11. The van der Waals surface area contributed by atoms with Crippen LogP contribution < -0.4 is 5.32 Å². The summed E-state index contributed by atoms with van der Waals surface area (Å²) in [5, 5.41) is 4.55. The van der Waals surface area contributed by atoms with Crippen LogP contribution in [0.1, 0.15) is 15.2 Å². The van der Waals surface area contributed by atoms with E-state index in [1.54, 1.807) is 19.0 Å². The van der Waals surface area contributed by atoms with Crippen LogP contribution in [0.2, 0.25) is 0 Å². The molecule has 0 saturated carbocycles. The van der Waals surface area contributed by atoms with E-state index in [-0.39, 0.29) is 12.5 Å². The highest BCUT2D eigenvalue weighted by Gasteiger charge is 2.18. The monoisotopic (exact) mass is 256 g/mol. The van der Waals surface area contributed by atoms with Crippen LogP contribution in [0.4, 0.5) is 5.69 Å². The summed E-state index contributed by atoms with van der Waals surface area (Å²) in [7, 11) is 4.94. The van der Waals surface area contributed by atoms with Crippen LogP contribution in [-0.4, -0.2) is 44.5 Å². The molecule has 0 radical (unpaired) electrons. The average molecular weight is 256 g/mol. The number of hydrogen-bond acceptors (Lipinski definition) is 5. The zero-order valence-electron chi connectivity index (χ0n) is 10.4. The Morgan fingerprint density at radius 3 is 2.65 bits per heavy atom. The Labute approximate surface area is 104 Å². The topological polar surface area (TPSA) is 58.6 Å². The van der Waals surface area contributed by atoms with E-state index in [0.29, 0.717) is 10.6 Å². The second-order valence-corrected chi connectivity index (χ2v) is 4.78. The van der Waals surface area contributed by atoms with Gasteiger partial charge in [-0.05, 0) is 32.0 Å². The molecule has 94 valence electrons. The lowest BCUT2D eigenvalue weighted by molar-refractivity contribution is -0.116. The van der Waals surface area contributed by atoms with Crippen molar-refractivity contribution < 1.29 is 14.3 Å². The maximum Gasteiger partial charge on any atom is 0.350 e. The summed E-state index contributed by atoms with van der Waals surface area (Å²) >= 11 is 1.27. The molecule has 0 fully saturated rings. The number of esters is 1. The second kappa shape index (κ2) is 5.79. The fraction of sp³-hybridized carbons (Fsp3) is 0.455. The minimum Gasteiger partial charge on any atom is -0.465 e. The van der Waals surface area contributed by atoms with Gasteiger partial charge in [-0.15, -0.1) is 11.3 Å². The largest absolute Gasteiger partial charge is 0.465 e. The van der Waals surface area contributed by atoms with Crippen molar-refractivity contribution in [1.29, 1.82) is 0 Å². The highest BCUT2D eigenvalue weighted by Crippen LogP contribution is 2.28. The van der Waals surface area contributed by atoms with Gasteiger partial charge in [0.2, 0.25) is 5.91 Å². The summed E-state index contributed by atoms with van der Waals surface area (Å²) in [5.41, 5.74) is 1.41. The van der Waals surface area contributed by atoms with Crippen LogP contribution in [0.5, 0.6) is 0 Å². The maximum absolute atomic E-state index is 11.6. The highest BCUT2D eigenvalue weighted by atomic mass is 32.1. The van der Waals surface area contributed by atoms with E-state index >= 15 is 0 Å². The van der Waals surface area contributed by atoms with Crippen molar-refractivity contribution in [3.05, 3.63) is 15.8 Å². The Hall–Kier alpha value is -1.40. The van der Waals surface area contributed by atoms with Gasteiger partial charge in [0.15, 0.2) is 0 Å². The van der Waals surface area contributed by atoms with Gasteiger partial charge in [0, 0.05) is 0 Å². The van der Waals surface area contributed by atoms with E-state index in [4.69, 9.17) is 0 Å². The zero-order valence-corrected chi connectivity index (χ0v) is 11.2. The molecule has 0 aliphatic carbocycles. The molecule has 1 rings (SSSR count). The SMILES string of the molecule is COC(=O)c1scc(C)c1NC(=O)CN(C)C. The Morgan fingerprint density at radius 2 is 2.12 bits per heavy atom. The third kappa shape index (κ3) is 3.54. The van der Waals surface area contributed by atoms with E-state index in [0.717, 1.165) is 5.56 Å². The van der Waals surface area contributed by atoms with Crippen LogP contribution in [0.3, 0.4) is 0 Å². The molecule has 1 aromatic rings. The molecular weight excluding hydrogens is 240 g/mol. The maximum atomic E-state index is 11.6. The first-order chi connectivity index (χ1) is 7.95. The van der Waals surface area contributed by atoms with Crippen molar-refractivity contribution in [3.8, 4) is 0 Å². The second-order valence-electron chi connectivity index (χ2n) is 3.90. The molecule has 1 heterocycles. The number of thiophene rings is 1. The Kier molecular flexibility index (Phi) is 4.65. The number of carbonyl (C=O) groups is 2. The number of carbonyl (C=O) groups excluding carboxylic acids is 2. The molecule has 1 amide bonds. The summed E-state index contributed by atoms with van der Waals surface area (Å²) in [5.74, 6) is -0.579. The molecular formula is C11H16N2O3S. The Balaban J connectivity index is 2.86. The van der Waals surface area contributed by atoms with Gasteiger partial charge in [0.25, 0.3) is 0 Å². The van der Waals surface area contributed by atoms with E-state index in [2.05, 4.69) is 10.1 Å². The summed E-state index contributed by atoms with van der Waals surface area (Å²) in [6.45, 7) is 2.12. The minimum atomic E-state index is -0.428. The number of hydrogen-bond donors (Lipinski definition) is 1. The number of nitrogens with one attached hydrogen (secondary N) is 1. The number of likely N-dealkylation sites (N-methyl/N-ethyl adjacent to an activating group) is 1. The van der Waals surface area contributed by atoms with Crippen LogP contribution in [0.15, 0.2) is 5.38 Å². The smallest absolute Gasteiger partial charge is 0.350 e. The molecule has 1 aromatic heterocycles. The lowest BCUT2D eigenvalue weighted by atomic mass is 10.2. The molecule has 0 aliphatic heterocycles. The fourth-order valence-corrected chi connectivity index (χ4v) is 2.23. The summed E-state index contributed by atoms with van der Waals surface area (Å²) in [4.78, 5) is 25.3. The molecule has 0 atom stereocenters. The van der Waals surface area contributed by atoms with Gasteiger partial charge in [0.1, 0.15) is 4.88 Å². The van der Waals surface area contributed by atoms with Crippen molar-refractivity contribution in [2.75, 3.05) is 33.1 Å². The molecule has 6 heteroatoms. The fourth-order valence-electron chi connectivity index (χ4n) is 1.31. The Bertz CT molecular complexity index is 426. The first kappa shape index (κ1) is 13.7. The van der Waals surface area contributed by atoms with E-state index in [1.165, 1.54) is 18.4 Å². The third-order valence-electron chi connectivity index (χ3n) is 2.07. The van der Waals surface area contributed by atoms with Gasteiger partial charge in [0.05, 0.1) is 19.3 Å². The predicted molar refractivity (Wildman–Crippen MR) is 67.6 cm³/mol. The summed E-state index contributed by atoms with van der Waals surface area (Å²) in [6, 6.07) is 0. The quantitative estimate of drug-likeness (QED) is 0.826. The molecule has 17 heavy (non-hydrogen) atoms. The van der Waals surface area contributed by atoms with E-state index in [1.807, 2.05) is 12.3 Å². The number of anilines is 1. The summed E-state index contributed by atoms with van der Waals surface area (Å²) in [6.07, 6.45) is 0. The molecule has 0 saturated heterocycles. The Morgan fingerprint density at radius 1 is 1.47 bits per heavy atom. The number of ether oxygens (including phenoxy) is 1. The van der Waals surface area contributed by atoms with Crippen molar-refractivity contribution in [1.82, 2.24) is 4.90 Å². The number of methoxy groups -OCH3 is 1. The van der Waals surface area contributed by atoms with Gasteiger partial charge in [-0.25, -0.2) is 4.79 Å². The highest BCUT2D eigenvalue weighted by molar-refractivity contribution is 7.12. The first-order valence-corrected chi connectivity index (χ1v) is 5.94. The molecule has 0 aliphatic rings. The molecule has 0 aromatic carbocycles. The minimum absolute atomic E-state index is 0.151. The number of aryl methyl sites for hydroxylation is 1. The molecule has 0 bridgehead atoms. The van der Waals surface area contributed by atoms with Crippen molar-refractivity contribution >= 4 is 28.9 Å². The predicted octanol–water partition coefficient (Wildman–Crippen LogP) is 1.34. The van der Waals surface area contributed by atoms with Crippen LogP contribution >= 0.6 is 11.3 Å². The van der Waals surface area contributed by atoms with Crippen molar-refractivity contribution in [3.63, 3.8) is 0 Å². The normalized spacial score (nSPS) is 10.4. The van der Waals surface area contributed by atoms with Crippen LogP contribution in [0, 0.1) is 6.92 Å². The first-order valence-electron chi connectivity index (χ1n) is 5.06. The van der Waals surface area contributed by atoms with Gasteiger partial charge in [-0.1, -0.05) is 0 Å². The van der Waals surface area contributed by atoms with Gasteiger partial charge >= 0.3 is 5.97 Å². The molecule has 0 unspecified atom stereocenters. The summed E-state index contributed by atoms with van der Waals surface area (Å²) < 4.78 is 4.66. The van der Waals surface area contributed by atoms with Gasteiger partial charge in [-0.3, -0.25) is 4.79 Å². The van der Waals surface area contributed by atoms with Gasteiger partial charge < -0.3 is 15.0 Å². The zero-order chi connectivity index (χ0) is 13.0.